The zero-order chi connectivity index (χ0) is 18.1. The number of halogens is 1. The molecule has 2 N–H and O–H groups in total. The van der Waals surface area contributed by atoms with E-state index in [1.165, 1.54) is 11.1 Å². The number of aliphatic imine (C=N–C) groups is 1. The van der Waals surface area contributed by atoms with Gasteiger partial charge in [-0.2, -0.15) is 0 Å². The summed E-state index contributed by atoms with van der Waals surface area (Å²) in [7, 11) is 3.33. The highest BCUT2D eigenvalue weighted by Gasteiger charge is 2.25. The molecule has 0 bridgehead atoms. The summed E-state index contributed by atoms with van der Waals surface area (Å²) in [4.78, 5) is 18.3. The van der Waals surface area contributed by atoms with Crippen molar-refractivity contribution in [1.82, 2.24) is 15.5 Å². The van der Waals surface area contributed by atoms with Gasteiger partial charge in [0.05, 0.1) is 26.3 Å². The lowest BCUT2D eigenvalue weighted by molar-refractivity contribution is -0.120. The Morgan fingerprint density at radius 1 is 1.38 bits per heavy atom. The number of nitrogens with zero attached hydrogens (tertiary/aromatic N) is 2. The Balaban J connectivity index is 0.00000338. The number of ether oxygens (including phenoxy) is 2. The van der Waals surface area contributed by atoms with Crippen molar-refractivity contribution in [3.63, 3.8) is 0 Å². The molecule has 0 aliphatic carbocycles. The number of nitrogens with one attached hydrogen (secondary N) is 2. The molecule has 146 valence electrons. The van der Waals surface area contributed by atoms with Gasteiger partial charge in [-0.15, -0.1) is 24.0 Å². The topological polar surface area (TPSA) is 75.2 Å². The first-order valence-corrected chi connectivity index (χ1v) is 8.54. The van der Waals surface area contributed by atoms with E-state index in [0.29, 0.717) is 32.3 Å². The highest BCUT2D eigenvalue weighted by atomic mass is 127. The van der Waals surface area contributed by atoms with Gasteiger partial charge in [0.2, 0.25) is 5.91 Å². The van der Waals surface area contributed by atoms with Gasteiger partial charge >= 0.3 is 0 Å². The predicted octanol–water partition coefficient (Wildman–Crippen LogP) is 1.32. The fourth-order valence-corrected chi connectivity index (χ4v) is 2.82. The Labute approximate surface area is 172 Å². The summed E-state index contributed by atoms with van der Waals surface area (Å²) in [5.41, 5.74) is 2.41. The van der Waals surface area contributed by atoms with E-state index >= 15 is 0 Å². The van der Waals surface area contributed by atoms with Crippen LogP contribution in [-0.4, -0.2) is 70.3 Å². The van der Waals surface area contributed by atoms with Crippen LogP contribution in [0.2, 0.25) is 0 Å². The van der Waals surface area contributed by atoms with Gasteiger partial charge in [0.25, 0.3) is 0 Å². The van der Waals surface area contributed by atoms with Gasteiger partial charge in [0.15, 0.2) is 5.96 Å². The zero-order valence-electron chi connectivity index (χ0n) is 15.7. The number of methoxy groups -OCH3 is 1. The average Bonchev–Trinajstić information content (AvgIpc) is 2.63. The quantitative estimate of drug-likeness (QED) is 0.281. The Morgan fingerprint density at radius 3 is 2.85 bits per heavy atom. The Morgan fingerprint density at radius 2 is 2.15 bits per heavy atom. The van der Waals surface area contributed by atoms with Crippen LogP contribution < -0.4 is 10.6 Å². The third kappa shape index (κ3) is 6.73. The van der Waals surface area contributed by atoms with E-state index in [1.54, 1.807) is 14.2 Å². The number of guanidine groups is 1. The number of carbonyl (C=O) groups excluding carboxylic acids is 1. The maximum absolute atomic E-state index is 11.8. The van der Waals surface area contributed by atoms with E-state index in [9.17, 15) is 4.79 Å². The SMILES string of the molecule is CN=C(NCC(=O)NCCOC)N1CCOC(c2ccccc2C)C1.I. The van der Waals surface area contributed by atoms with Crippen molar-refractivity contribution in [2.75, 3.05) is 53.6 Å². The van der Waals surface area contributed by atoms with Crippen molar-refractivity contribution >= 4 is 35.8 Å². The third-order valence-electron chi connectivity index (χ3n) is 4.15. The fraction of sp³-hybridized carbons (Fsp3) is 0.556. The van der Waals surface area contributed by atoms with Crippen LogP contribution in [0.4, 0.5) is 0 Å². The first kappa shape index (κ1) is 22.7. The van der Waals surface area contributed by atoms with E-state index in [1.807, 2.05) is 12.1 Å². The molecule has 2 rings (SSSR count). The van der Waals surface area contributed by atoms with Crippen LogP contribution in [0, 0.1) is 6.92 Å². The molecule has 1 aromatic carbocycles. The molecule has 8 heteroatoms. The number of carbonyl (C=O) groups is 1. The summed E-state index contributed by atoms with van der Waals surface area (Å²) in [5.74, 6) is 0.630. The van der Waals surface area contributed by atoms with E-state index in [4.69, 9.17) is 9.47 Å². The van der Waals surface area contributed by atoms with E-state index in [0.717, 1.165) is 6.54 Å². The standard InChI is InChI=1S/C18H28N4O3.HI/c1-14-6-4-5-7-15(14)16-13-22(9-11-25-16)18(19-2)21-12-17(23)20-8-10-24-3;/h4-7,16H,8-13H2,1-3H3,(H,19,21)(H,20,23);1H. The minimum atomic E-state index is -0.0816. The Bertz CT molecular complexity index is 598. The van der Waals surface area contributed by atoms with Crippen LogP contribution >= 0.6 is 24.0 Å². The molecule has 0 spiro atoms. The van der Waals surface area contributed by atoms with Gasteiger partial charge in [0, 0.05) is 27.2 Å². The molecule has 1 heterocycles. The monoisotopic (exact) mass is 476 g/mol. The van der Waals surface area contributed by atoms with Gasteiger partial charge in [-0.1, -0.05) is 24.3 Å². The summed E-state index contributed by atoms with van der Waals surface area (Å²) in [5, 5.41) is 5.90. The first-order valence-electron chi connectivity index (χ1n) is 8.54. The molecule has 0 aromatic heterocycles. The van der Waals surface area contributed by atoms with Crippen molar-refractivity contribution in [3.05, 3.63) is 35.4 Å². The summed E-state index contributed by atoms with van der Waals surface area (Å²) in [6.45, 7) is 5.35. The van der Waals surface area contributed by atoms with E-state index in [2.05, 4.69) is 39.6 Å². The maximum Gasteiger partial charge on any atom is 0.239 e. The predicted molar refractivity (Wildman–Crippen MR) is 113 cm³/mol. The lowest BCUT2D eigenvalue weighted by Gasteiger charge is -2.35. The number of morpholine rings is 1. The minimum Gasteiger partial charge on any atom is -0.383 e. The second-order valence-electron chi connectivity index (χ2n) is 5.91. The highest BCUT2D eigenvalue weighted by Crippen LogP contribution is 2.24. The smallest absolute Gasteiger partial charge is 0.239 e. The molecular weight excluding hydrogens is 447 g/mol. The van der Waals surface area contributed by atoms with Crippen molar-refractivity contribution in [2.24, 2.45) is 4.99 Å². The summed E-state index contributed by atoms with van der Waals surface area (Å²) in [6, 6.07) is 8.25. The van der Waals surface area contributed by atoms with Crippen LogP contribution in [0.25, 0.3) is 0 Å². The summed E-state index contributed by atoms with van der Waals surface area (Å²) >= 11 is 0. The van der Waals surface area contributed by atoms with E-state index < -0.39 is 0 Å². The number of aryl methyl sites for hydroxylation is 1. The highest BCUT2D eigenvalue weighted by molar-refractivity contribution is 14.0. The normalized spacial score (nSPS) is 17.4. The summed E-state index contributed by atoms with van der Waals surface area (Å²) < 4.78 is 10.9. The third-order valence-corrected chi connectivity index (χ3v) is 4.15. The molecule has 0 saturated carbocycles. The Hall–Kier alpha value is -1.39. The van der Waals surface area contributed by atoms with Crippen molar-refractivity contribution in [2.45, 2.75) is 13.0 Å². The molecular formula is C18H29IN4O3. The number of benzene rings is 1. The molecule has 1 aliphatic heterocycles. The lowest BCUT2D eigenvalue weighted by atomic mass is 10.0. The van der Waals surface area contributed by atoms with Crippen LogP contribution in [0.5, 0.6) is 0 Å². The molecule has 1 aromatic rings. The van der Waals surface area contributed by atoms with Gasteiger partial charge in [-0.05, 0) is 18.1 Å². The van der Waals surface area contributed by atoms with Crippen LogP contribution in [0.1, 0.15) is 17.2 Å². The minimum absolute atomic E-state index is 0. The molecule has 1 fully saturated rings. The van der Waals surface area contributed by atoms with Gasteiger partial charge in [0.1, 0.15) is 6.10 Å². The van der Waals surface area contributed by atoms with Gasteiger partial charge in [-0.25, -0.2) is 0 Å². The van der Waals surface area contributed by atoms with Gasteiger partial charge in [-0.3, -0.25) is 9.79 Å². The van der Waals surface area contributed by atoms with Crippen molar-refractivity contribution < 1.29 is 14.3 Å². The number of hydrogen-bond acceptors (Lipinski definition) is 4. The van der Waals surface area contributed by atoms with Gasteiger partial charge < -0.3 is 25.0 Å². The molecule has 7 nitrogen and oxygen atoms in total. The average molecular weight is 476 g/mol. The second kappa shape index (κ2) is 12.1. The Kier molecular flexibility index (Phi) is 10.5. The number of hydrogen-bond donors (Lipinski definition) is 2. The molecule has 26 heavy (non-hydrogen) atoms. The van der Waals surface area contributed by atoms with Crippen LogP contribution in [0.15, 0.2) is 29.3 Å². The maximum atomic E-state index is 11.8. The molecule has 1 atom stereocenters. The largest absolute Gasteiger partial charge is 0.383 e. The summed E-state index contributed by atoms with van der Waals surface area (Å²) in [6.07, 6.45) is 0.00373. The number of rotatable bonds is 6. The molecule has 0 radical (unpaired) electrons. The molecule has 1 amide bonds. The van der Waals surface area contributed by atoms with E-state index in [-0.39, 0.29) is 42.5 Å². The molecule has 1 aliphatic rings. The fourth-order valence-electron chi connectivity index (χ4n) is 2.82. The number of amides is 1. The van der Waals surface area contributed by atoms with Crippen molar-refractivity contribution in [3.8, 4) is 0 Å². The lowest BCUT2D eigenvalue weighted by Crippen LogP contribution is -2.50. The molecule has 1 saturated heterocycles. The molecule has 1 unspecified atom stereocenters. The van der Waals surface area contributed by atoms with Crippen molar-refractivity contribution in [1.29, 1.82) is 0 Å². The van der Waals surface area contributed by atoms with Crippen LogP contribution in [0.3, 0.4) is 0 Å². The second-order valence-corrected chi connectivity index (χ2v) is 5.91. The first-order chi connectivity index (χ1) is 12.2. The van der Waals surface area contributed by atoms with Crippen LogP contribution in [-0.2, 0) is 14.3 Å². The zero-order valence-corrected chi connectivity index (χ0v) is 18.0.